The average Bonchev–Trinajstić information content (AvgIpc) is 3.84. The van der Waals surface area contributed by atoms with Gasteiger partial charge in [-0.05, 0) is 72.9 Å². The molecule has 0 radical (unpaired) electrons. The Bertz CT molecular complexity index is 1780. The number of carbonyl (C=O) groups is 1. The Hall–Kier alpha value is -3.97. The number of fused-ring (bicyclic) bond motifs is 1. The summed E-state index contributed by atoms with van der Waals surface area (Å²) < 4.78 is 33.0. The lowest BCUT2D eigenvalue weighted by atomic mass is 9.79. The number of nitrogens with zero attached hydrogens (tertiary/aromatic N) is 1. The molecule has 222 valence electrons. The van der Waals surface area contributed by atoms with E-state index < -0.39 is 21.4 Å². The van der Waals surface area contributed by atoms with Crippen molar-refractivity contribution in [1.29, 1.82) is 0 Å². The minimum absolute atomic E-state index is 0.0364. The maximum absolute atomic E-state index is 13.7. The molecule has 2 aliphatic rings. The lowest BCUT2D eigenvalue weighted by Gasteiger charge is -2.39. The third-order valence-corrected chi connectivity index (χ3v) is 10.3. The van der Waals surface area contributed by atoms with Crippen LogP contribution in [0.5, 0.6) is 0 Å². The summed E-state index contributed by atoms with van der Waals surface area (Å²) in [5.74, 6) is -0.712. The topological polar surface area (TPSA) is 93.6 Å². The van der Waals surface area contributed by atoms with Crippen LogP contribution in [0, 0.1) is 5.92 Å². The van der Waals surface area contributed by atoms with Crippen LogP contribution in [-0.2, 0) is 31.5 Å². The Morgan fingerprint density at radius 2 is 1.67 bits per heavy atom. The van der Waals surface area contributed by atoms with Crippen molar-refractivity contribution in [2.24, 2.45) is 5.92 Å². The van der Waals surface area contributed by atoms with Crippen LogP contribution in [0.2, 0.25) is 0 Å². The standard InChI is InChI=1S/C36H37NO5S/c1-2-20-36(21-19-25-9-4-3-5-10-25)23-31(38)34(35(39)42-36)33(28-15-16-28)29-13-8-11-26(22-29)24-43(40,41)32-18-17-27-12-6-7-14-30(27)37-32/h3-14,17-18,22,28,33,38H,2,15-16,19-21,23-24H2,1H3. The summed E-state index contributed by atoms with van der Waals surface area (Å²) in [6, 6.07) is 28.3. The van der Waals surface area contributed by atoms with Gasteiger partial charge in [-0.2, -0.15) is 0 Å². The van der Waals surface area contributed by atoms with Crippen molar-refractivity contribution in [3.8, 4) is 0 Å². The summed E-state index contributed by atoms with van der Waals surface area (Å²) in [6.45, 7) is 2.06. The summed E-state index contributed by atoms with van der Waals surface area (Å²) in [6.07, 6.45) is 5.06. The fourth-order valence-corrected chi connectivity index (χ4v) is 7.76. The van der Waals surface area contributed by atoms with Gasteiger partial charge in [0.2, 0.25) is 0 Å². The lowest BCUT2D eigenvalue weighted by molar-refractivity contribution is -0.161. The maximum atomic E-state index is 13.7. The molecule has 0 saturated heterocycles. The van der Waals surface area contributed by atoms with E-state index in [2.05, 4.69) is 24.0 Å². The first kappa shape index (κ1) is 29.1. The number of hydrogen-bond donors (Lipinski definition) is 1. The van der Waals surface area contributed by atoms with Crippen molar-refractivity contribution in [3.05, 3.63) is 119 Å². The summed E-state index contributed by atoms with van der Waals surface area (Å²) in [7, 11) is -3.71. The van der Waals surface area contributed by atoms with E-state index in [4.69, 9.17) is 4.74 Å². The van der Waals surface area contributed by atoms with E-state index in [1.54, 1.807) is 24.3 Å². The number of ether oxygens (including phenoxy) is 1. The molecule has 6 rings (SSSR count). The molecular weight excluding hydrogens is 558 g/mol. The van der Waals surface area contributed by atoms with E-state index in [0.29, 0.717) is 35.9 Å². The number of aliphatic hydroxyl groups is 1. The number of para-hydroxylation sites is 1. The largest absolute Gasteiger partial charge is 0.512 e. The molecule has 1 aliphatic carbocycles. The predicted molar refractivity (Wildman–Crippen MR) is 167 cm³/mol. The fourth-order valence-electron chi connectivity index (χ4n) is 6.48. The number of esters is 1. The highest BCUT2D eigenvalue weighted by Crippen LogP contribution is 2.50. The average molecular weight is 596 g/mol. The molecule has 43 heavy (non-hydrogen) atoms. The molecule has 2 atom stereocenters. The van der Waals surface area contributed by atoms with Gasteiger partial charge < -0.3 is 9.84 Å². The van der Waals surface area contributed by atoms with E-state index in [9.17, 15) is 18.3 Å². The molecule has 6 nitrogen and oxygen atoms in total. The van der Waals surface area contributed by atoms with Gasteiger partial charge in [-0.25, -0.2) is 18.2 Å². The molecule has 0 bridgehead atoms. The van der Waals surface area contributed by atoms with Gasteiger partial charge in [0, 0.05) is 17.7 Å². The van der Waals surface area contributed by atoms with Crippen molar-refractivity contribution in [2.45, 2.75) is 74.2 Å². The van der Waals surface area contributed by atoms with E-state index in [1.165, 1.54) is 5.56 Å². The number of carbonyl (C=O) groups excluding carboxylic acids is 1. The second kappa shape index (κ2) is 12.0. The molecular formula is C36H37NO5S. The molecule has 3 aromatic carbocycles. The fraction of sp³-hybridized carbons (Fsp3) is 0.333. The van der Waals surface area contributed by atoms with Gasteiger partial charge in [-0.3, -0.25) is 0 Å². The molecule has 1 saturated carbocycles. The van der Waals surface area contributed by atoms with Gasteiger partial charge >= 0.3 is 5.97 Å². The molecule has 2 unspecified atom stereocenters. The monoisotopic (exact) mass is 595 g/mol. The van der Waals surface area contributed by atoms with E-state index in [0.717, 1.165) is 36.6 Å². The predicted octanol–water partition coefficient (Wildman–Crippen LogP) is 7.63. The van der Waals surface area contributed by atoms with Crippen LogP contribution in [0.15, 0.2) is 107 Å². The minimum atomic E-state index is -3.71. The number of aliphatic hydroxyl groups excluding tert-OH is 1. The Morgan fingerprint density at radius 3 is 2.42 bits per heavy atom. The summed E-state index contributed by atoms with van der Waals surface area (Å²) >= 11 is 0. The van der Waals surface area contributed by atoms with Crippen molar-refractivity contribution >= 4 is 26.7 Å². The number of benzene rings is 3. The molecule has 0 amide bonds. The van der Waals surface area contributed by atoms with Crippen molar-refractivity contribution in [2.75, 3.05) is 0 Å². The van der Waals surface area contributed by atoms with Crippen molar-refractivity contribution in [3.63, 3.8) is 0 Å². The zero-order valence-electron chi connectivity index (χ0n) is 24.4. The number of pyridine rings is 1. The van der Waals surface area contributed by atoms with Crippen LogP contribution < -0.4 is 0 Å². The highest BCUT2D eigenvalue weighted by Gasteiger charge is 2.47. The molecule has 0 spiro atoms. The van der Waals surface area contributed by atoms with Crippen LogP contribution >= 0.6 is 0 Å². The molecule has 1 aromatic heterocycles. The second-order valence-corrected chi connectivity index (χ2v) is 13.9. The number of sulfone groups is 1. The zero-order valence-corrected chi connectivity index (χ0v) is 25.2. The van der Waals surface area contributed by atoms with Gasteiger partial charge in [-0.1, -0.05) is 86.1 Å². The van der Waals surface area contributed by atoms with E-state index in [-0.39, 0.29) is 28.4 Å². The van der Waals surface area contributed by atoms with Crippen LogP contribution in [0.25, 0.3) is 10.9 Å². The van der Waals surface area contributed by atoms with Crippen molar-refractivity contribution in [1.82, 2.24) is 4.98 Å². The van der Waals surface area contributed by atoms with Crippen LogP contribution in [-0.4, -0.2) is 30.1 Å². The molecule has 1 aliphatic heterocycles. The first-order valence-electron chi connectivity index (χ1n) is 15.1. The number of cyclic esters (lactones) is 1. The third-order valence-electron chi connectivity index (χ3n) is 8.71. The highest BCUT2D eigenvalue weighted by atomic mass is 32.2. The maximum Gasteiger partial charge on any atom is 0.338 e. The summed E-state index contributed by atoms with van der Waals surface area (Å²) in [4.78, 5) is 18.1. The van der Waals surface area contributed by atoms with Gasteiger partial charge in [0.15, 0.2) is 14.9 Å². The summed E-state index contributed by atoms with van der Waals surface area (Å²) in [5, 5.41) is 12.4. The Balaban J connectivity index is 1.27. The van der Waals surface area contributed by atoms with Crippen molar-refractivity contribution < 1.29 is 23.1 Å². The number of aromatic nitrogens is 1. The first-order valence-corrected chi connectivity index (χ1v) is 16.8. The molecule has 1 fully saturated rings. The van der Waals surface area contributed by atoms with E-state index >= 15 is 0 Å². The quantitative estimate of drug-likeness (QED) is 0.179. The normalized spacial score (nSPS) is 19.8. The van der Waals surface area contributed by atoms with Gasteiger partial charge in [0.1, 0.15) is 11.4 Å². The smallest absolute Gasteiger partial charge is 0.338 e. The highest BCUT2D eigenvalue weighted by molar-refractivity contribution is 7.90. The minimum Gasteiger partial charge on any atom is -0.512 e. The SMILES string of the molecule is CCCC1(CCc2ccccc2)CC(O)=C(C(c2cccc(CS(=O)(=O)c3ccc4ccccc4n3)c2)C2CC2)C(=O)O1. The van der Waals surface area contributed by atoms with E-state index in [1.807, 2.05) is 54.6 Å². The molecule has 7 heteroatoms. The zero-order chi connectivity index (χ0) is 30.0. The van der Waals surface area contributed by atoms with Crippen LogP contribution in [0.4, 0.5) is 0 Å². The molecule has 2 heterocycles. The first-order chi connectivity index (χ1) is 20.8. The van der Waals surface area contributed by atoms with Crippen LogP contribution in [0.3, 0.4) is 0 Å². The number of aryl methyl sites for hydroxylation is 1. The molecule has 4 aromatic rings. The van der Waals surface area contributed by atoms with Gasteiger partial charge in [0.05, 0.1) is 16.8 Å². The second-order valence-electron chi connectivity index (χ2n) is 12.0. The van der Waals surface area contributed by atoms with Gasteiger partial charge in [-0.15, -0.1) is 0 Å². The Kier molecular flexibility index (Phi) is 8.10. The number of hydrogen-bond acceptors (Lipinski definition) is 6. The Labute approximate surface area is 253 Å². The third kappa shape index (κ3) is 6.37. The Morgan fingerprint density at radius 1 is 0.930 bits per heavy atom. The lowest BCUT2D eigenvalue weighted by Crippen LogP contribution is -2.42. The van der Waals surface area contributed by atoms with Gasteiger partial charge in [0.25, 0.3) is 0 Å². The summed E-state index contributed by atoms with van der Waals surface area (Å²) in [5.41, 5.74) is 2.83. The van der Waals surface area contributed by atoms with Crippen LogP contribution in [0.1, 0.15) is 68.1 Å². The molecule has 1 N–H and O–H groups in total. The number of rotatable bonds is 11.